The lowest BCUT2D eigenvalue weighted by atomic mass is 10.1. The van der Waals surface area contributed by atoms with Gasteiger partial charge in [0.25, 0.3) is 5.56 Å². The van der Waals surface area contributed by atoms with Gasteiger partial charge in [-0.3, -0.25) is 4.79 Å². The predicted molar refractivity (Wildman–Crippen MR) is 115 cm³/mol. The van der Waals surface area contributed by atoms with Crippen molar-refractivity contribution in [2.75, 3.05) is 13.7 Å². The molecule has 7 nitrogen and oxygen atoms in total. The van der Waals surface area contributed by atoms with Crippen LogP contribution >= 0.6 is 11.6 Å². The molecule has 4 aromatic rings. The van der Waals surface area contributed by atoms with Gasteiger partial charge in [-0.05, 0) is 36.6 Å². The molecule has 4 heterocycles. The van der Waals surface area contributed by atoms with Gasteiger partial charge in [0.05, 0.1) is 41.4 Å². The maximum atomic E-state index is 13.1. The highest BCUT2D eigenvalue weighted by atomic mass is 35.5. The molecule has 1 aliphatic heterocycles. The van der Waals surface area contributed by atoms with Crippen LogP contribution in [0.5, 0.6) is 0 Å². The third-order valence-electron chi connectivity index (χ3n) is 5.50. The molecule has 0 bridgehead atoms. The van der Waals surface area contributed by atoms with Crippen LogP contribution in [0.25, 0.3) is 27.7 Å². The number of aromatic nitrogens is 4. The number of pyridine rings is 1. The van der Waals surface area contributed by atoms with Crippen molar-refractivity contribution in [3.8, 4) is 11.1 Å². The van der Waals surface area contributed by atoms with Crippen molar-refractivity contribution >= 4 is 28.2 Å². The molecule has 1 unspecified atom stereocenters. The molecule has 0 amide bonds. The molecule has 5 rings (SSSR count). The number of hydrogen-bond acceptors (Lipinski definition) is 5. The fraction of sp³-hybridized carbons (Fsp3) is 0.318. The van der Waals surface area contributed by atoms with Crippen molar-refractivity contribution in [3.05, 3.63) is 63.8 Å². The molecule has 8 heteroatoms. The lowest BCUT2D eigenvalue weighted by Gasteiger charge is -2.12. The van der Waals surface area contributed by atoms with Crippen LogP contribution in [-0.4, -0.2) is 39.0 Å². The van der Waals surface area contributed by atoms with E-state index in [1.54, 1.807) is 22.4 Å². The maximum absolute atomic E-state index is 13.1. The summed E-state index contributed by atoms with van der Waals surface area (Å²) in [5.74, 6) is 0. The first-order valence-electron chi connectivity index (χ1n) is 9.92. The van der Waals surface area contributed by atoms with Gasteiger partial charge in [0.15, 0.2) is 5.65 Å². The van der Waals surface area contributed by atoms with Crippen molar-refractivity contribution in [1.82, 2.24) is 19.2 Å². The summed E-state index contributed by atoms with van der Waals surface area (Å²) in [6, 6.07) is 9.45. The molecular formula is C22H21ClN4O3. The number of methoxy groups -OCH3 is 1. The third-order valence-corrected chi connectivity index (χ3v) is 5.75. The van der Waals surface area contributed by atoms with Crippen molar-refractivity contribution in [1.29, 1.82) is 0 Å². The zero-order chi connectivity index (χ0) is 20.7. The summed E-state index contributed by atoms with van der Waals surface area (Å²) < 4.78 is 14.5. The van der Waals surface area contributed by atoms with Crippen LogP contribution in [0, 0.1) is 0 Å². The zero-order valence-electron chi connectivity index (χ0n) is 16.5. The van der Waals surface area contributed by atoms with Gasteiger partial charge in [0.1, 0.15) is 0 Å². The second-order valence-electron chi connectivity index (χ2n) is 7.46. The van der Waals surface area contributed by atoms with Gasteiger partial charge in [-0.2, -0.15) is 5.10 Å². The lowest BCUT2D eigenvalue weighted by molar-refractivity contribution is 0.0963. The molecule has 0 spiro atoms. The van der Waals surface area contributed by atoms with Crippen molar-refractivity contribution in [2.45, 2.75) is 32.1 Å². The fourth-order valence-electron chi connectivity index (χ4n) is 4.06. The van der Waals surface area contributed by atoms with E-state index in [-0.39, 0.29) is 11.7 Å². The zero-order valence-corrected chi connectivity index (χ0v) is 17.3. The largest absolute Gasteiger partial charge is 0.378 e. The van der Waals surface area contributed by atoms with Crippen LogP contribution < -0.4 is 5.56 Å². The first-order valence-corrected chi connectivity index (χ1v) is 10.3. The smallest absolute Gasteiger partial charge is 0.261 e. The van der Waals surface area contributed by atoms with Crippen molar-refractivity contribution in [3.63, 3.8) is 0 Å². The minimum Gasteiger partial charge on any atom is -0.378 e. The molecule has 3 aromatic heterocycles. The maximum Gasteiger partial charge on any atom is 0.261 e. The number of halogens is 1. The molecule has 0 N–H and O–H groups in total. The Morgan fingerprint density at radius 1 is 1.27 bits per heavy atom. The molecule has 1 saturated heterocycles. The van der Waals surface area contributed by atoms with E-state index in [4.69, 9.17) is 26.2 Å². The molecule has 1 aliphatic rings. The summed E-state index contributed by atoms with van der Waals surface area (Å²) >= 11 is 6.06. The number of hydrogen-bond donors (Lipinski definition) is 0. The second kappa shape index (κ2) is 7.83. The molecule has 154 valence electrons. The average Bonchev–Trinajstić information content (AvgIpc) is 3.39. The Morgan fingerprint density at radius 2 is 2.10 bits per heavy atom. The van der Waals surface area contributed by atoms with Gasteiger partial charge in [-0.15, -0.1) is 0 Å². The van der Waals surface area contributed by atoms with Crippen LogP contribution in [0.3, 0.4) is 0 Å². The molecule has 0 saturated carbocycles. The highest BCUT2D eigenvalue weighted by Crippen LogP contribution is 2.30. The summed E-state index contributed by atoms with van der Waals surface area (Å²) in [4.78, 5) is 17.7. The fourth-order valence-corrected chi connectivity index (χ4v) is 4.18. The number of nitrogens with zero attached hydrogens (tertiary/aromatic N) is 4. The Balaban J connectivity index is 1.68. The molecule has 1 aromatic carbocycles. The minimum atomic E-state index is -0.0887. The third kappa shape index (κ3) is 3.29. The van der Waals surface area contributed by atoms with Crippen molar-refractivity contribution in [2.24, 2.45) is 0 Å². The summed E-state index contributed by atoms with van der Waals surface area (Å²) in [6.45, 7) is 1.65. The predicted octanol–water partition coefficient (Wildman–Crippen LogP) is 3.69. The summed E-state index contributed by atoms with van der Waals surface area (Å²) in [6.07, 6.45) is 5.55. The Hall–Kier alpha value is -2.74. The Kier molecular flexibility index (Phi) is 5.02. The number of ether oxygens (including phenoxy) is 2. The van der Waals surface area contributed by atoms with Crippen LogP contribution in [0.4, 0.5) is 0 Å². The topological polar surface area (TPSA) is 70.7 Å². The molecule has 0 radical (unpaired) electrons. The van der Waals surface area contributed by atoms with E-state index in [9.17, 15) is 4.79 Å². The molecule has 1 fully saturated rings. The SMILES string of the molecule is COCc1nn2c(ncc3c(=O)n(CC4CCCO4)ccc32)c1-c1ccc(Cl)cc1. The summed E-state index contributed by atoms with van der Waals surface area (Å²) in [5, 5.41) is 5.91. The number of benzene rings is 1. The second-order valence-corrected chi connectivity index (χ2v) is 7.90. The van der Waals surface area contributed by atoms with Gasteiger partial charge < -0.3 is 14.0 Å². The normalized spacial score (nSPS) is 16.7. The van der Waals surface area contributed by atoms with Crippen LogP contribution in [-0.2, 0) is 22.6 Å². The van der Waals surface area contributed by atoms with Gasteiger partial charge in [-0.25, -0.2) is 9.50 Å². The minimum absolute atomic E-state index is 0.0887. The first-order chi connectivity index (χ1) is 14.7. The van der Waals surface area contributed by atoms with Crippen LogP contribution in [0.15, 0.2) is 47.5 Å². The highest BCUT2D eigenvalue weighted by Gasteiger charge is 2.20. The summed E-state index contributed by atoms with van der Waals surface area (Å²) in [5.41, 5.74) is 3.87. The van der Waals surface area contributed by atoms with Gasteiger partial charge in [0, 0.05) is 31.1 Å². The van der Waals surface area contributed by atoms with E-state index in [1.165, 1.54) is 0 Å². The van der Waals surface area contributed by atoms with Gasteiger partial charge in [-0.1, -0.05) is 23.7 Å². The van der Waals surface area contributed by atoms with E-state index in [0.29, 0.717) is 34.7 Å². The van der Waals surface area contributed by atoms with E-state index in [0.717, 1.165) is 36.3 Å². The number of fused-ring (bicyclic) bond motifs is 3. The Morgan fingerprint density at radius 3 is 2.83 bits per heavy atom. The molecule has 0 aliphatic carbocycles. The number of rotatable bonds is 5. The van der Waals surface area contributed by atoms with Gasteiger partial charge in [0.2, 0.25) is 0 Å². The molecule has 30 heavy (non-hydrogen) atoms. The molecule has 1 atom stereocenters. The Bertz CT molecular complexity index is 1270. The average molecular weight is 425 g/mol. The summed E-state index contributed by atoms with van der Waals surface area (Å²) in [7, 11) is 1.63. The van der Waals surface area contributed by atoms with E-state index < -0.39 is 0 Å². The lowest BCUT2D eigenvalue weighted by Crippen LogP contribution is -2.26. The monoisotopic (exact) mass is 424 g/mol. The first kappa shape index (κ1) is 19.2. The standard InChI is InChI=1S/C22H21ClN4O3/c1-29-13-18-20(14-4-6-15(23)7-5-14)21-24-11-17-19(27(21)25-18)8-9-26(22(17)28)12-16-3-2-10-30-16/h4-9,11,16H,2-3,10,12-13H2,1H3. The highest BCUT2D eigenvalue weighted by molar-refractivity contribution is 6.30. The van der Waals surface area contributed by atoms with E-state index in [1.807, 2.05) is 36.5 Å². The van der Waals surface area contributed by atoms with Gasteiger partial charge >= 0.3 is 0 Å². The van der Waals surface area contributed by atoms with E-state index >= 15 is 0 Å². The van der Waals surface area contributed by atoms with Crippen LogP contribution in [0.2, 0.25) is 5.02 Å². The van der Waals surface area contributed by atoms with Crippen LogP contribution in [0.1, 0.15) is 18.5 Å². The molecular weight excluding hydrogens is 404 g/mol. The van der Waals surface area contributed by atoms with E-state index in [2.05, 4.69) is 4.98 Å². The van der Waals surface area contributed by atoms with Crippen molar-refractivity contribution < 1.29 is 9.47 Å². The quantitative estimate of drug-likeness (QED) is 0.488. The Labute approximate surface area is 177 Å².